The van der Waals surface area contributed by atoms with Gasteiger partial charge in [-0.05, 0) is 37.1 Å². The van der Waals surface area contributed by atoms with E-state index in [1.54, 1.807) is 0 Å². The Morgan fingerprint density at radius 1 is 1.00 bits per heavy atom. The Balaban J connectivity index is 1.86. The average Bonchev–Trinajstić information content (AvgIpc) is 2.45. The maximum Gasteiger partial charge on any atom is 0.148 e. The van der Waals surface area contributed by atoms with Crippen molar-refractivity contribution in [2.45, 2.75) is 19.4 Å². The third-order valence-corrected chi connectivity index (χ3v) is 2.67. The molecule has 4 nitrogen and oxygen atoms in total. The first-order valence-corrected chi connectivity index (χ1v) is 6.19. The normalized spacial score (nSPS) is 10.3. The Hall–Kier alpha value is -1.94. The lowest BCUT2D eigenvalue weighted by atomic mass is 10.2. The molecule has 0 bridgehead atoms. The Morgan fingerprint density at radius 3 is 2.50 bits per heavy atom. The van der Waals surface area contributed by atoms with Crippen molar-refractivity contribution in [1.82, 2.24) is 10.2 Å². The second-order valence-electron chi connectivity index (χ2n) is 4.14. The van der Waals surface area contributed by atoms with E-state index in [1.807, 2.05) is 30.3 Å². The zero-order valence-corrected chi connectivity index (χ0v) is 10.3. The zero-order chi connectivity index (χ0) is 12.6. The van der Waals surface area contributed by atoms with E-state index >= 15 is 0 Å². The van der Waals surface area contributed by atoms with E-state index in [0.29, 0.717) is 6.54 Å². The highest BCUT2D eigenvalue weighted by Crippen LogP contribution is 2.06. The summed E-state index contributed by atoms with van der Waals surface area (Å²) in [4.78, 5) is 0. The molecule has 0 aliphatic carbocycles. The van der Waals surface area contributed by atoms with Crippen molar-refractivity contribution in [3.05, 3.63) is 53.7 Å². The van der Waals surface area contributed by atoms with Crippen LogP contribution >= 0.6 is 0 Å². The predicted octanol–water partition coefficient (Wildman–Crippen LogP) is 1.98. The van der Waals surface area contributed by atoms with Gasteiger partial charge in [-0.3, -0.25) is 0 Å². The zero-order valence-electron chi connectivity index (χ0n) is 10.3. The maximum absolute atomic E-state index is 5.46. The number of benzene rings is 1. The molecule has 0 aliphatic heterocycles. The van der Waals surface area contributed by atoms with Gasteiger partial charge in [0.05, 0.1) is 5.69 Å². The van der Waals surface area contributed by atoms with Crippen molar-refractivity contribution < 1.29 is 0 Å². The number of aryl methyl sites for hydroxylation is 1. The topological polar surface area (TPSA) is 63.8 Å². The summed E-state index contributed by atoms with van der Waals surface area (Å²) in [6.45, 7) is 1.45. The molecule has 94 valence electrons. The number of aromatic nitrogens is 2. The van der Waals surface area contributed by atoms with Gasteiger partial charge in [-0.2, -0.15) is 5.10 Å². The summed E-state index contributed by atoms with van der Waals surface area (Å²) in [7, 11) is 0. The van der Waals surface area contributed by atoms with Gasteiger partial charge in [0, 0.05) is 6.54 Å². The molecule has 0 aliphatic rings. The number of nitrogens with two attached hydrogens (primary N) is 1. The van der Waals surface area contributed by atoms with Gasteiger partial charge in [-0.25, -0.2) is 0 Å². The molecule has 4 heteroatoms. The highest BCUT2D eigenvalue weighted by Gasteiger charge is 1.98. The number of anilines is 1. The van der Waals surface area contributed by atoms with Gasteiger partial charge in [-0.1, -0.05) is 30.3 Å². The Morgan fingerprint density at radius 2 is 1.83 bits per heavy atom. The molecule has 0 saturated carbocycles. The molecule has 0 atom stereocenters. The highest BCUT2D eigenvalue weighted by atomic mass is 15.2. The van der Waals surface area contributed by atoms with Crippen LogP contribution in [0.25, 0.3) is 0 Å². The second-order valence-corrected chi connectivity index (χ2v) is 4.14. The van der Waals surface area contributed by atoms with Gasteiger partial charge in [0.2, 0.25) is 0 Å². The molecule has 18 heavy (non-hydrogen) atoms. The van der Waals surface area contributed by atoms with Crippen LogP contribution in [0, 0.1) is 0 Å². The van der Waals surface area contributed by atoms with E-state index in [4.69, 9.17) is 5.73 Å². The minimum Gasteiger partial charge on any atom is -0.365 e. The second kappa shape index (κ2) is 6.71. The molecule has 0 saturated heterocycles. The summed E-state index contributed by atoms with van der Waals surface area (Å²) in [5, 5.41) is 11.6. The molecule has 1 heterocycles. The highest BCUT2D eigenvalue weighted by molar-refractivity contribution is 5.34. The van der Waals surface area contributed by atoms with Crippen LogP contribution in [0.2, 0.25) is 0 Å². The van der Waals surface area contributed by atoms with Crippen LogP contribution < -0.4 is 11.1 Å². The molecular formula is C14H18N4. The fraction of sp³-hybridized carbons (Fsp3) is 0.286. The smallest absolute Gasteiger partial charge is 0.148 e. The summed E-state index contributed by atoms with van der Waals surface area (Å²) in [6, 6.07) is 14.2. The predicted molar refractivity (Wildman–Crippen MR) is 73.2 cm³/mol. The first kappa shape index (κ1) is 12.5. The van der Waals surface area contributed by atoms with Crippen molar-refractivity contribution in [2.24, 2.45) is 5.73 Å². The van der Waals surface area contributed by atoms with E-state index in [-0.39, 0.29) is 0 Å². The molecule has 0 amide bonds. The van der Waals surface area contributed by atoms with Crippen LogP contribution in [0.1, 0.15) is 17.7 Å². The van der Waals surface area contributed by atoms with Crippen LogP contribution in [0.3, 0.4) is 0 Å². The number of hydrogen-bond donors (Lipinski definition) is 2. The summed E-state index contributed by atoms with van der Waals surface area (Å²) in [5.41, 5.74) is 7.68. The minimum atomic E-state index is 0.690. The van der Waals surface area contributed by atoms with E-state index in [0.717, 1.165) is 30.9 Å². The third kappa shape index (κ3) is 3.82. The van der Waals surface area contributed by atoms with E-state index < -0.39 is 0 Å². The summed E-state index contributed by atoms with van der Waals surface area (Å²) in [6.07, 6.45) is 1.84. The van der Waals surface area contributed by atoms with Gasteiger partial charge in [0.15, 0.2) is 0 Å². The Labute approximate surface area is 107 Å². The fourth-order valence-corrected chi connectivity index (χ4v) is 1.66. The summed E-state index contributed by atoms with van der Waals surface area (Å²) < 4.78 is 0. The number of hydrogen-bond acceptors (Lipinski definition) is 4. The van der Waals surface area contributed by atoms with Crippen molar-refractivity contribution in [1.29, 1.82) is 0 Å². The van der Waals surface area contributed by atoms with Crippen molar-refractivity contribution in [2.75, 3.05) is 11.9 Å². The minimum absolute atomic E-state index is 0.690. The molecule has 0 unspecified atom stereocenters. The summed E-state index contributed by atoms with van der Waals surface area (Å²) >= 11 is 0. The number of nitrogens with zero attached hydrogens (tertiary/aromatic N) is 2. The van der Waals surface area contributed by atoms with Crippen LogP contribution in [-0.2, 0) is 13.0 Å². The molecule has 3 N–H and O–H groups in total. The fourth-order valence-electron chi connectivity index (χ4n) is 1.66. The first-order chi connectivity index (χ1) is 8.88. The van der Waals surface area contributed by atoms with Crippen molar-refractivity contribution in [3.63, 3.8) is 0 Å². The van der Waals surface area contributed by atoms with Crippen molar-refractivity contribution in [3.8, 4) is 0 Å². The largest absolute Gasteiger partial charge is 0.365 e. The maximum atomic E-state index is 5.46. The van der Waals surface area contributed by atoms with Gasteiger partial charge in [0.1, 0.15) is 5.82 Å². The van der Waals surface area contributed by atoms with Crippen LogP contribution in [0.5, 0.6) is 0 Å². The van der Waals surface area contributed by atoms with Gasteiger partial charge >= 0.3 is 0 Å². The summed E-state index contributed by atoms with van der Waals surface area (Å²) in [5.74, 6) is 0.801. The molecule has 1 aromatic heterocycles. The van der Waals surface area contributed by atoms with Gasteiger partial charge in [0.25, 0.3) is 0 Å². The molecule has 0 radical (unpaired) electrons. The Kier molecular flexibility index (Phi) is 4.67. The quantitative estimate of drug-likeness (QED) is 0.813. The lowest BCUT2D eigenvalue weighted by Crippen LogP contribution is -2.05. The molecule has 0 spiro atoms. The lowest BCUT2D eigenvalue weighted by molar-refractivity contribution is 0.788. The first-order valence-electron chi connectivity index (χ1n) is 6.19. The molecule has 0 fully saturated rings. The monoisotopic (exact) mass is 242 g/mol. The van der Waals surface area contributed by atoms with Crippen molar-refractivity contribution >= 4 is 5.82 Å². The molecular weight excluding hydrogens is 224 g/mol. The lowest BCUT2D eigenvalue weighted by Gasteiger charge is -2.05. The SMILES string of the molecule is NCCCc1ccc(NCc2ccccc2)nn1. The van der Waals surface area contributed by atoms with Crippen LogP contribution in [0.4, 0.5) is 5.82 Å². The van der Waals surface area contributed by atoms with E-state index in [1.165, 1.54) is 5.56 Å². The van der Waals surface area contributed by atoms with Gasteiger partial charge < -0.3 is 11.1 Å². The van der Waals surface area contributed by atoms with Crippen LogP contribution in [-0.4, -0.2) is 16.7 Å². The Bertz CT molecular complexity index is 453. The molecule has 2 aromatic rings. The van der Waals surface area contributed by atoms with E-state index in [2.05, 4.69) is 27.6 Å². The standard InChI is InChI=1S/C14H18N4/c15-10-4-7-13-8-9-14(18-17-13)16-11-12-5-2-1-3-6-12/h1-3,5-6,8-9H,4,7,10-11,15H2,(H,16,18). The van der Waals surface area contributed by atoms with Crippen LogP contribution in [0.15, 0.2) is 42.5 Å². The third-order valence-electron chi connectivity index (χ3n) is 2.67. The number of rotatable bonds is 6. The van der Waals surface area contributed by atoms with Gasteiger partial charge in [-0.15, -0.1) is 5.10 Å². The molecule has 1 aromatic carbocycles. The average molecular weight is 242 g/mol. The molecule has 2 rings (SSSR count). The number of nitrogens with one attached hydrogen (secondary N) is 1. The van der Waals surface area contributed by atoms with E-state index in [9.17, 15) is 0 Å².